The first kappa shape index (κ1) is 14.5. The van der Waals surface area contributed by atoms with E-state index >= 15 is 0 Å². The number of carbonyl (C=O) groups is 1. The highest BCUT2D eigenvalue weighted by molar-refractivity contribution is 6.17. The molecule has 0 radical (unpaired) electrons. The van der Waals surface area contributed by atoms with E-state index in [4.69, 9.17) is 21.6 Å². The summed E-state index contributed by atoms with van der Waals surface area (Å²) in [5, 5.41) is 9.08. The minimum absolute atomic E-state index is 0.207. The third-order valence-electron chi connectivity index (χ3n) is 2.53. The zero-order chi connectivity index (χ0) is 13.4. The zero-order valence-electron chi connectivity index (χ0n) is 10.4. The lowest BCUT2D eigenvalue weighted by molar-refractivity contribution is -0.142. The standard InChI is InChI=1S/C14H16ClNO2/c1-2-18-14(17)9-11-5-6-12(4-3-7-15)13(8-11)10-16/h5-6,8H,2-4,7,9H2,1H3. The first-order chi connectivity index (χ1) is 8.71. The minimum Gasteiger partial charge on any atom is -0.466 e. The molecular formula is C14H16ClNO2. The van der Waals surface area contributed by atoms with Gasteiger partial charge in [0.05, 0.1) is 24.7 Å². The summed E-state index contributed by atoms with van der Waals surface area (Å²) in [6.45, 7) is 2.14. The molecule has 0 unspecified atom stereocenters. The van der Waals surface area contributed by atoms with E-state index in [0.29, 0.717) is 18.1 Å². The summed E-state index contributed by atoms with van der Waals surface area (Å²) in [4.78, 5) is 11.3. The summed E-state index contributed by atoms with van der Waals surface area (Å²) in [5.74, 6) is 0.310. The average molecular weight is 266 g/mol. The Bertz CT molecular complexity index is 452. The first-order valence-corrected chi connectivity index (χ1v) is 6.48. The normalized spacial score (nSPS) is 9.83. The van der Waals surface area contributed by atoms with Crippen molar-refractivity contribution in [2.75, 3.05) is 12.5 Å². The number of carbonyl (C=O) groups excluding carboxylic acids is 1. The number of nitriles is 1. The molecule has 0 aliphatic rings. The lowest BCUT2D eigenvalue weighted by Crippen LogP contribution is -2.08. The van der Waals surface area contributed by atoms with Crippen LogP contribution in [0.25, 0.3) is 0 Å². The maximum Gasteiger partial charge on any atom is 0.310 e. The van der Waals surface area contributed by atoms with E-state index in [9.17, 15) is 4.79 Å². The molecule has 0 atom stereocenters. The summed E-state index contributed by atoms with van der Waals surface area (Å²) in [5.41, 5.74) is 2.40. The number of esters is 1. The number of aryl methyl sites for hydroxylation is 1. The molecule has 4 heteroatoms. The largest absolute Gasteiger partial charge is 0.466 e. The van der Waals surface area contributed by atoms with Crippen LogP contribution in [-0.2, 0) is 22.4 Å². The smallest absolute Gasteiger partial charge is 0.310 e. The van der Waals surface area contributed by atoms with E-state index < -0.39 is 0 Å². The van der Waals surface area contributed by atoms with E-state index in [1.165, 1.54) is 0 Å². The van der Waals surface area contributed by atoms with E-state index in [-0.39, 0.29) is 12.4 Å². The molecule has 0 amide bonds. The molecule has 3 nitrogen and oxygen atoms in total. The van der Waals surface area contributed by atoms with Crippen molar-refractivity contribution in [3.63, 3.8) is 0 Å². The number of ether oxygens (including phenoxy) is 1. The minimum atomic E-state index is -0.269. The average Bonchev–Trinajstić information content (AvgIpc) is 2.37. The second kappa shape index (κ2) is 7.73. The van der Waals surface area contributed by atoms with Gasteiger partial charge < -0.3 is 4.74 Å². The van der Waals surface area contributed by atoms with Gasteiger partial charge in [-0.3, -0.25) is 4.79 Å². The van der Waals surface area contributed by atoms with Crippen molar-refractivity contribution in [3.8, 4) is 6.07 Å². The fourth-order valence-electron chi connectivity index (χ4n) is 1.69. The number of benzene rings is 1. The number of hydrogen-bond acceptors (Lipinski definition) is 3. The summed E-state index contributed by atoms with van der Waals surface area (Å²) >= 11 is 5.64. The van der Waals surface area contributed by atoms with Gasteiger partial charge in [-0.1, -0.05) is 12.1 Å². The summed E-state index contributed by atoms with van der Waals surface area (Å²) in [6, 6.07) is 7.66. The van der Waals surface area contributed by atoms with Crippen LogP contribution in [0.15, 0.2) is 18.2 Å². The molecule has 96 valence electrons. The SMILES string of the molecule is CCOC(=O)Cc1ccc(CCCCl)c(C#N)c1. The summed E-state index contributed by atoms with van der Waals surface area (Å²) < 4.78 is 4.88. The van der Waals surface area contributed by atoms with Crippen LogP contribution >= 0.6 is 11.6 Å². The molecule has 0 heterocycles. The Morgan fingerprint density at radius 1 is 1.50 bits per heavy atom. The monoisotopic (exact) mass is 265 g/mol. The van der Waals surface area contributed by atoms with Gasteiger partial charge in [-0.2, -0.15) is 5.26 Å². The number of hydrogen-bond donors (Lipinski definition) is 0. The quantitative estimate of drug-likeness (QED) is 0.587. The number of halogens is 1. The van der Waals surface area contributed by atoms with E-state index in [1.54, 1.807) is 13.0 Å². The Hall–Kier alpha value is -1.53. The Balaban J connectivity index is 2.79. The van der Waals surface area contributed by atoms with Gasteiger partial charge in [0, 0.05) is 5.88 Å². The fourth-order valence-corrected chi connectivity index (χ4v) is 1.83. The second-order valence-electron chi connectivity index (χ2n) is 3.88. The van der Waals surface area contributed by atoms with Crippen molar-refractivity contribution in [3.05, 3.63) is 34.9 Å². The van der Waals surface area contributed by atoms with Crippen molar-refractivity contribution in [2.24, 2.45) is 0 Å². The molecule has 0 aliphatic heterocycles. The number of rotatable bonds is 6. The molecule has 1 aromatic carbocycles. The molecule has 1 rings (SSSR count). The van der Waals surface area contributed by atoms with Crippen LogP contribution in [0.2, 0.25) is 0 Å². The predicted molar refractivity (Wildman–Crippen MR) is 70.5 cm³/mol. The molecule has 0 aliphatic carbocycles. The van der Waals surface area contributed by atoms with Gasteiger partial charge in [0.15, 0.2) is 0 Å². The molecule has 0 aromatic heterocycles. The maximum atomic E-state index is 11.3. The number of nitrogens with zero attached hydrogens (tertiary/aromatic N) is 1. The molecule has 1 aromatic rings. The third-order valence-corrected chi connectivity index (χ3v) is 2.80. The summed E-state index contributed by atoms with van der Waals surface area (Å²) in [6.07, 6.45) is 1.83. The molecule has 0 N–H and O–H groups in total. The molecule has 0 fully saturated rings. The van der Waals surface area contributed by atoms with Gasteiger partial charge in [0.2, 0.25) is 0 Å². The van der Waals surface area contributed by atoms with Crippen molar-refractivity contribution >= 4 is 17.6 Å². The highest BCUT2D eigenvalue weighted by Gasteiger charge is 2.07. The highest BCUT2D eigenvalue weighted by Crippen LogP contribution is 2.14. The van der Waals surface area contributed by atoms with Crippen LogP contribution < -0.4 is 0 Å². The maximum absolute atomic E-state index is 11.3. The molecule has 0 spiro atoms. The molecular weight excluding hydrogens is 250 g/mol. The van der Waals surface area contributed by atoms with Crippen molar-refractivity contribution in [2.45, 2.75) is 26.2 Å². The highest BCUT2D eigenvalue weighted by atomic mass is 35.5. The Kier molecular flexibility index (Phi) is 6.24. The van der Waals surface area contributed by atoms with Gasteiger partial charge in [0.1, 0.15) is 0 Å². The van der Waals surface area contributed by atoms with Gasteiger partial charge in [-0.05, 0) is 37.0 Å². The first-order valence-electron chi connectivity index (χ1n) is 5.94. The summed E-state index contributed by atoms with van der Waals surface area (Å²) in [7, 11) is 0. The van der Waals surface area contributed by atoms with Crippen LogP contribution in [0, 0.1) is 11.3 Å². The Morgan fingerprint density at radius 2 is 2.28 bits per heavy atom. The predicted octanol–water partition coefficient (Wildman–Crippen LogP) is 2.84. The second-order valence-corrected chi connectivity index (χ2v) is 4.26. The zero-order valence-corrected chi connectivity index (χ0v) is 11.2. The van der Waals surface area contributed by atoms with Gasteiger partial charge in [0.25, 0.3) is 0 Å². The number of alkyl halides is 1. The lowest BCUT2D eigenvalue weighted by Gasteiger charge is -2.06. The van der Waals surface area contributed by atoms with E-state index in [2.05, 4.69) is 6.07 Å². The van der Waals surface area contributed by atoms with Crippen molar-refractivity contribution < 1.29 is 9.53 Å². The topological polar surface area (TPSA) is 50.1 Å². The fraction of sp³-hybridized carbons (Fsp3) is 0.429. The van der Waals surface area contributed by atoms with Crippen molar-refractivity contribution in [1.82, 2.24) is 0 Å². The molecule has 0 saturated carbocycles. The lowest BCUT2D eigenvalue weighted by atomic mass is 10.00. The van der Waals surface area contributed by atoms with Gasteiger partial charge in [-0.15, -0.1) is 11.6 Å². The van der Waals surface area contributed by atoms with Crippen LogP contribution in [-0.4, -0.2) is 18.5 Å². The molecule has 0 bridgehead atoms. The molecule has 0 saturated heterocycles. The van der Waals surface area contributed by atoms with Crippen LogP contribution in [0.3, 0.4) is 0 Å². The van der Waals surface area contributed by atoms with Crippen molar-refractivity contribution in [1.29, 1.82) is 5.26 Å². The Morgan fingerprint density at radius 3 is 2.89 bits per heavy atom. The Labute approximate surface area is 112 Å². The van der Waals surface area contributed by atoms with E-state index in [0.717, 1.165) is 24.0 Å². The van der Waals surface area contributed by atoms with Gasteiger partial charge >= 0.3 is 5.97 Å². The van der Waals surface area contributed by atoms with Crippen LogP contribution in [0.1, 0.15) is 30.0 Å². The third kappa shape index (κ3) is 4.38. The van der Waals surface area contributed by atoms with Crippen LogP contribution in [0.5, 0.6) is 0 Å². The molecule has 18 heavy (non-hydrogen) atoms. The van der Waals surface area contributed by atoms with E-state index in [1.807, 2.05) is 12.1 Å². The van der Waals surface area contributed by atoms with Crippen LogP contribution in [0.4, 0.5) is 0 Å². The van der Waals surface area contributed by atoms with Gasteiger partial charge in [-0.25, -0.2) is 0 Å².